The average Bonchev–Trinajstić information content (AvgIpc) is 2.72. The first kappa shape index (κ1) is 15.8. The Kier molecular flexibility index (Phi) is 4.47. The molecule has 7 heteroatoms. The van der Waals surface area contributed by atoms with Crippen molar-refractivity contribution in [3.05, 3.63) is 11.4 Å². The first-order valence-electron chi connectivity index (χ1n) is 6.91. The Bertz CT molecular complexity index is 555. The van der Waals surface area contributed by atoms with Crippen molar-refractivity contribution in [2.45, 2.75) is 56.9 Å². The molecule has 1 aliphatic carbocycles. The lowest BCUT2D eigenvalue weighted by Crippen LogP contribution is -2.52. The fraction of sp³-hybridized carbons (Fsp3) is 0.769. The third-order valence-corrected chi connectivity index (χ3v) is 6.52. The second-order valence-corrected chi connectivity index (χ2v) is 7.85. The number of rotatable bonds is 4. The van der Waals surface area contributed by atoms with Crippen molar-refractivity contribution in [1.82, 2.24) is 14.9 Å². The van der Waals surface area contributed by atoms with Crippen LogP contribution in [-0.4, -0.2) is 30.0 Å². The molecule has 0 aliphatic heterocycles. The van der Waals surface area contributed by atoms with E-state index in [-0.39, 0.29) is 4.90 Å². The van der Waals surface area contributed by atoms with Gasteiger partial charge in [0, 0.05) is 11.4 Å². The second-order valence-electron chi connectivity index (χ2n) is 5.97. The quantitative estimate of drug-likeness (QED) is 0.837. The minimum absolute atomic E-state index is 0.251. The van der Waals surface area contributed by atoms with Gasteiger partial charge in [0.15, 0.2) is 0 Å². The molecule has 1 saturated carbocycles. The highest BCUT2D eigenvalue weighted by Gasteiger charge is 2.38. The zero-order valence-corrected chi connectivity index (χ0v) is 13.7. The lowest BCUT2D eigenvalue weighted by Gasteiger charge is -2.38. The predicted octanol–water partition coefficient (Wildman–Crippen LogP) is 2.49. The maximum atomic E-state index is 12.6. The Morgan fingerprint density at radius 1 is 1.40 bits per heavy atom. The molecule has 1 aromatic rings. The van der Waals surface area contributed by atoms with Crippen molar-refractivity contribution in [3.63, 3.8) is 0 Å². The highest BCUT2D eigenvalue weighted by molar-refractivity contribution is 7.89. The Balaban J connectivity index is 2.27. The number of aryl methyl sites for hydroxylation is 2. The summed E-state index contributed by atoms with van der Waals surface area (Å²) in [5.41, 5.74) is 0.524. The van der Waals surface area contributed by atoms with Crippen LogP contribution in [0.2, 0.25) is 0 Å². The van der Waals surface area contributed by atoms with Crippen LogP contribution < -0.4 is 4.72 Å². The van der Waals surface area contributed by atoms with Crippen molar-refractivity contribution in [2.75, 3.05) is 5.88 Å². The van der Waals surface area contributed by atoms with Gasteiger partial charge in [-0.1, -0.05) is 6.92 Å². The van der Waals surface area contributed by atoms with Crippen LogP contribution in [0.4, 0.5) is 0 Å². The summed E-state index contributed by atoms with van der Waals surface area (Å²) in [6.07, 6.45) is 3.57. The van der Waals surface area contributed by atoms with Crippen molar-refractivity contribution >= 4 is 21.6 Å². The van der Waals surface area contributed by atoms with Crippen molar-refractivity contribution in [3.8, 4) is 0 Å². The van der Waals surface area contributed by atoms with Crippen LogP contribution in [-0.2, 0) is 10.0 Å². The second kappa shape index (κ2) is 5.66. The first-order chi connectivity index (χ1) is 9.30. The number of sulfonamides is 1. The van der Waals surface area contributed by atoms with Crippen LogP contribution >= 0.6 is 11.6 Å². The van der Waals surface area contributed by atoms with E-state index in [9.17, 15) is 8.42 Å². The van der Waals surface area contributed by atoms with Gasteiger partial charge in [0.2, 0.25) is 10.0 Å². The molecule has 0 bridgehead atoms. The van der Waals surface area contributed by atoms with Gasteiger partial charge in [-0.3, -0.25) is 5.10 Å². The van der Waals surface area contributed by atoms with Crippen molar-refractivity contribution in [2.24, 2.45) is 5.92 Å². The first-order valence-corrected chi connectivity index (χ1v) is 8.93. The van der Waals surface area contributed by atoms with Crippen molar-refractivity contribution < 1.29 is 8.42 Å². The van der Waals surface area contributed by atoms with Gasteiger partial charge in [0.1, 0.15) is 4.90 Å². The molecule has 0 spiro atoms. The van der Waals surface area contributed by atoms with E-state index in [4.69, 9.17) is 11.6 Å². The molecule has 1 aliphatic rings. The summed E-state index contributed by atoms with van der Waals surface area (Å²) in [4.78, 5) is 0.251. The summed E-state index contributed by atoms with van der Waals surface area (Å²) in [5, 5.41) is 6.67. The Hall–Kier alpha value is -0.590. The van der Waals surface area contributed by atoms with E-state index in [1.165, 1.54) is 0 Å². The molecule has 0 atom stereocenters. The van der Waals surface area contributed by atoms with Crippen LogP contribution in [0.1, 0.15) is 44.0 Å². The number of hydrogen-bond acceptors (Lipinski definition) is 3. The molecular formula is C13H22ClN3O2S. The number of nitrogens with zero attached hydrogens (tertiary/aromatic N) is 1. The van der Waals surface area contributed by atoms with Gasteiger partial charge >= 0.3 is 0 Å². The Labute approximate surface area is 125 Å². The highest BCUT2D eigenvalue weighted by atomic mass is 35.5. The smallest absolute Gasteiger partial charge is 0.244 e. The van der Waals surface area contributed by atoms with Crippen molar-refractivity contribution in [1.29, 1.82) is 0 Å². The summed E-state index contributed by atoms with van der Waals surface area (Å²) in [6.45, 7) is 5.59. The summed E-state index contributed by atoms with van der Waals surface area (Å²) in [6, 6.07) is 0. The lowest BCUT2D eigenvalue weighted by molar-refractivity contribution is 0.247. The van der Waals surface area contributed by atoms with Gasteiger partial charge in [-0.2, -0.15) is 5.10 Å². The minimum Gasteiger partial charge on any atom is -0.281 e. The van der Waals surface area contributed by atoms with E-state index in [1.54, 1.807) is 13.8 Å². The minimum atomic E-state index is -3.59. The molecule has 1 fully saturated rings. The summed E-state index contributed by atoms with van der Waals surface area (Å²) >= 11 is 6.08. The standard InChI is InChI=1S/C13H22ClN3O2S/c1-9-4-6-13(8-14,7-5-9)17-20(18,19)12-10(2)15-16-11(12)3/h9,17H,4-8H2,1-3H3,(H,15,16). The number of aromatic amines is 1. The molecule has 2 rings (SSSR count). The van der Waals surface area contributed by atoms with Gasteiger partial charge in [-0.05, 0) is 45.4 Å². The van der Waals surface area contributed by atoms with E-state index in [1.807, 2.05) is 0 Å². The zero-order valence-electron chi connectivity index (χ0n) is 12.2. The van der Waals surface area contributed by atoms with Crippen LogP contribution in [0.15, 0.2) is 4.90 Å². The fourth-order valence-corrected chi connectivity index (χ4v) is 5.10. The van der Waals surface area contributed by atoms with Crippen LogP contribution in [0, 0.1) is 19.8 Å². The number of aromatic nitrogens is 2. The SMILES string of the molecule is Cc1n[nH]c(C)c1S(=O)(=O)NC1(CCl)CCC(C)CC1. The Morgan fingerprint density at radius 3 is 2.45 bits per heavy atom. The molecule has 0 unspecified atom stereocenters. The molecule has 5 nitrogen and oxygen atoms in total. The van der Waals surface area contributed by atoms with E-state index >= 15 is 0 Å². The third-order valence-electron chi connectivity index (χ3n) is 4.17. The molecule has 114 valence electrons. The molecule has 0 saturated heterocycles. The summed E-state index contributed by atoms with van der Waals surface area (Å²) in [5.74, 6) is 0.933. The predicted molar refractivity (Wildman–Crippen MR) is 79.5 cm³/mol. The van der Waals surface area contributed by atoms with E-state index in [0.29, 0.717) is 23.2 Å². The van der Waals surface area contributed by atoms with Gasteiger partial charge in [0.25, 0.3) is 0 Å². The van der Waals surface area contributed by atoms with Gasteiger partial charge in [-0.15, -0.1) is 11.6 Å². The molecule has 1 aromatic heterocycles. The van der Waals surface area contributed by atoms with Gasteiger partial charge in [0.05, 0.1) is 11.4 Å². The topological polar surface area (TPSA) is 74.8 Å². The molecular weight excluding hydrogens is 298 g/mol. The van der Waals surface area contributed by atoms with Crippen LogP contribution in [0.25, 0.3) is 0 Å². The largest absolute Gasteiger partial charge is 0.281 e. The third kappa shape index (κ3) is 3.02. The number of hydrogen-bond donors (Lipinski definition) is 2. The lowest BCUT2D eigenvalue weighted by atomic mass is 9.79. The summed E-state index contributed by atoms with van der Waals surface area (Å²) in [7, 11) is -3.59. The molecule has 2 N–H and O–H groups in total. The van der Waals surface area contributed by atoms with Gasteiger partial charge in [-0.25, -0.2) is 13.1 Å². The Morgan fingerprint density at radius 2 is 2.00 bits per heavy atom. The molecule has 1 heterocycles. The zero-order chi connectivity index (χ0) is 15.0. The van der Waals surface area contributed by atoms with Crippen LogP contribution in [0.3, 0.4) is 0 Å². The summed E-state index contributed by atoms with van der Waals surface area (Å²) < 4.78 is 28.1. The number of halogens is 1. The number of nitrogens with one attached hydrogen (secondary N) is 2. The normalized spacial score (nSPS) is 27.7. The fourth-order valence-electron chi connectivity index (χ4n) is 2.85. The average molecular weight is 320 g/mol. The van der Waals surface area contributed by atoms with E-state index in [2.05, 4.69) is 21.8 Å². The maximum Gasteiger partial charge on any atom is 0.244 e. The number of H-pyrrole nitrogens is 1. The molecule has 0 radical (unpaired) electrons. The highest BCUT2D eigenvalue weighted by Crippen LogP contribution is 2.34. The van der Waals surface area contributed by atoms with E-state index < -0.39 is 15.6 Å². The maximum absolute atomic E-state index is 12.6. The monoisotopic (exact) mass is 319 g/mol. The van der Waals surface area contributed by atoms with Crippen LogP contribution in [0.5, 0.6) is 0 Å². The van der Waals surface area contributed by atoms with Gasteiger partial charge < -0.3 is 0 Å². The molecule has 20 heavy (non-hydrogen) atoms. The van der Waals surface area contributed by atoms with E-state index in [0.717, 1.165) is 25.7 Å². The number of alkyl halides is 1. The molecule has 0 amide bonds. The molecule has 0 aromatic carbocycles.